The van der Waals surface area contributed by atoms with Gasteiger partial charge in [0.15, 0.2) is 0 Å². The number of carboxylic acid groups (broad SMARTS) is 2. The summed E-state index contributed by atoms with van der Waals surface area (Å²) < 4.78 is 0. The second-order valence-electron chi connectivity index (χ2n) is 2.56. The van der Waals surface area contributed by atoms with Gasteiger partial charge in [0, 0.05) is 0 Å². The Hall–Kier alpha value is 0.900. The Morgan fingerprint density at radius 3 is 2.00 bits per heavy atom. The Balaban J connectivity index is -0.000000605. The molecule has 0 aromatic rings. The summed E-state index contributed by atoms with van der Waals surface area (Å²) in [4.78, 5) is 20.6. The Labute approximate surface area is 127 Å². The standard InChI is InChI=1S/C7H13NO4.2Na.2H/c8-3-1-2-5(7(11)12)4-6(9)10;;;;/h5H,1-4,8H2,(H,9,10)(H,11,12);;;;. The summed E-state index contributed by atoms with van der Waals surface area (Å²) in [6, 6.07) is 0. The van der Waals surface area contributed by atoms with E-state index in [0.717, 1.165) is 0 Å². The van der Waals surface area contributed by atoms with E-state index in [0.29, 0.717) is 19.4 Å². The van der Waals surface area contributed by atoms with Crippen molar-refractivity contribution >= 4 is 71.1 Å². The molecule has 0 bridgehead atoms. The van der Waals surface area contributed by atoms with Crippen LogP contribution in [0.2, 0.25) is 0 Å². The van der Waals surface area contributed by atoms with Gasteiger partial charge >= 0.3 is 71.1 Å². The van der Waals surface area contributed by atoms with Crippen molar-refractivity contribution < 1.29 is 19.8 Å². The van der Waals surface area contributed by atoms with Gasteiger partial charge in [-0.05, 0) is 19.4 Å². The first-order valence-electron chi connectivity index (χ1n) is 3.72. The van der Waals surface area contributed by atoms with Crippen molar-refractivity contribution in [2.45, 2.75) is 19.3 Å². The number of carbonyl (C=O) groups is 2. The number of carboxylic acids is 2. The molecule has 0 rings (SSSR count). The molecule has 7 heteroatoms. The number of nitrogens with two attached hydrogens (primary N) is 1. The van der Waals surface area contributed by atoms with Gasteiger partial charge in [0.25, 0.3) is 0 Å². The molecule has 0 aromatic carbocycles. The summed E-state index contributed by atoms with van der Waals surface area (Å²) in [5.74, 6) is -2.95. The van der Waals surface area contributed by atoms with Gasteiger partial charge in [0.05, 0.1) is 12.3 Å². The fourth-order valence-corrected chi connectivity index (χ4v) is 0.888. The van der Waals surface area contributed by atoms with E-state index >= 15 is 0 Å². The summed E-state index contributed by atoms with van der Waals surface area (Å²) in [6.45, 7) is 0.392. The molecule has 0 aliphatic rings. The van der Waals surface area contributed by atoms with Crippen molar-refractivity contribution in [1.29, 1.82) is 0 Å². The molecule has 0 fully saturated rings. The average Bonchev–Trinajstić information content (AvgIpc) is 1.96. The minimum atomic E-state index is -1.08. The van der Waals surface area contributed by atoms with E-state index < -0.39 is 17.9 Å². The van der Waals surface area contributed by atoms with Gasteiger partial charge in [0.2, 0.25) is 0 Å². The van der Waals surface area contributed by atoms with Gasteiger partial charge in [-0.1, -0.05) is 0 Å². The molecule has 74 valence electrons. The zero-order valence-electron chi connectivity index (χ0n) is 6.69. The zero-order valence-corrected chi connectivity index (χ0v) is 6.69. The Morgan fingerprint density at radius 1 is 1.21 bits per heavy atom. The van der Waals surface area contributed by atoms with Crippen molar-refractivity contribution in [3.05, 3.63) is 0 Å². The van der Waals surface area contributed by atoms with E-state index in [9.17, 15) is 9.59 Å². The molecule has 1 atom stereocenters. The van der Waals surface area contributed by atoms with E-state index in [4.69, 9.17) is 15.9 Å². The molecule has 1 unspecified atom stereocenters. The maximum absolute atomic E-state index is 10.4. The fraction of sp³-hybridized carbons (Fsp3) is 0.714. The molecule has 0 spiro atoms. The van der Waals surface area contributed by atoms with Crippen LogP contribution in [-0.2, 0) is 9.59 Å². The van der Waals surface area contributed by atoms with Crippen molar-refractivity contribution in [3.8, 4) is 0 Å². The summed E-state index contributed by atoms with van der Waals surface area (Å²) in [7, 11) is 0. The van der Waals surface area contributed by atoms with Crippen LogP contribution in [-0.4, -0.2) is 87.8 Å². The van der Waals surface area contributed by atoms with Crippen molar-refractivity contribution in [1.82, 2.24) is 0 Å². The van der Waals surface area contributed by atoms with Crippen LogP contribution in [0.25, 0.3) is 0 Å². The first kappa shape index (κ1) is 20.3. The molecule has 0 saturated heterocycles. The Bertz CT molecular complexity index is 177. The van der Waals surface area contributed by atoms with Crippen LogP contribution in [0.1, 0.15) is 19.3 Å². The van der Waals surface area contributed by atoms with Crippen molar-refractivity contribution in [3.63, 3.8) is 0 Å². The van der Waals surface area contributed by atoms with Crippen molar-refractivity contribution in [2.75, 3.05) is 6.54 Å². The number of rotatable bonds is 6. The van der Waals surface area contributed by atoms with Gasteiger partial charge in [-0.15, -0.1) is 0 Å². The summed E-state index contributed by atoms with van der Waals surface area (Å²) >= 11 is 0. The second kappa shape index (κ2) is 12.0. The van der Waals surface area contributed by atoms with Crippen molar-refractivity contribution in [2.24, 2.45) is 11.7 Å². The summed E-state index contributed by atoms with van der Waals surface area (Å²) in [6.07, 6.45) is 0.553. The third-order valence-electron chi connectivity index (χ3n) is 1.53. The van der Waals surface area contributed by atoms with Crippen LogP contribution in [0.4, 0.5) is 0 Å². The van der Waals surface area contributed by atoms with Crippen LogP contribution < -0.4 is 5.73 Å². The fourth-order valence-electron chi connectivity index (χ4n) is 0.888. The van der Waals surface area contributed by atoms with Gasteiger partial charge in [-0.3, -0.25) is 9.59 Å². The molecule has 0 amide bonds. The second-order valence-corrected chi connectivity index (χ2v) is 2.56. The summed E-state index contributed by atoms with van der Waals surface area (Å²) in [5, 5.41) is 16.9. The first-order valence-corrected chi connectivity index (χ1v) is 3.72. The number of aliphatic carboxylic acids is 2. The molecule has 0 radical (unpaired) electrons. The summed E-state index contributed by atoms with van der Waals surface area (Å²) in [5.41, 5.74) is 5.17. The minimum absolute atomic E-state index is 0. The maximum atomic E-state index is 10.4. The van der Waals surface area contributed by atoms with Crippen LogP contribution in [0, 0.1) is 5.92 Å². The Kier molecular flexibility index (Phi) is 17.4. The van der Waals surface area contributed by atoms with E-state index in [2.05, 4.69) is 0 Å². The molecule has 0 aliphatic heterocycles. The molecule has 0 aromatic heterocycles. The topological polar surface area (TPSA) is 101 Å². The molecule has 0 aliphatic carbocycles. The van der Waals surface area contributed by atoms with E-state index in [1.54, 1.807) is 0 Å². The molecule has 5 nitrogen and oxygen atoms in total. The van der Waals surface area contributed by atoms with Crippen LogP contribution in [0.3, 0.4) is 0 Å². The van der Waals surface area contributed by atoms with Gasteiger partial charge < -0.3 is 15.9 Å². The number of hydrogen-bond donors (Lipinski definition) is 3. The molecule has 4 N–H and O–H groups in total. The van der Waals surface area contributed by atoms with Gasteiger partial charge in [-0.2, -0.15) is 0 Å². The average molecular weight is 223 g/mol. The molecule has 0 saturated carbocycles. The molecule has 0 heterocycles. The van der Waals surface area contributed by atoms with E-state index in [1.165, 1.54) is 0 Å². The monoisotopic (exact) mass is 223 g/mol. The first-order chi connectivity index (χ1) is 5.57. The SMILES string of the molecule is NCCCC(CC(=O)O)C(=O)O.[NaH].[NaH]. The predicted octanol–water partition coefficient (Wildman–Crippen LogP) is -1.40. The van der Waals surface area contributed by atoms with Gasteiger partial charge in [-0.25, -0.2) is 0 Å². The van der Waals surface area contributed by atoms with E-state index in [1.807, 2.05) is 0 Å². The zero-order chi connectivity index (χ0) is 9.56. The Morgan fingerprint density at radius 2 is 1.71 bits per heavy atom. The molecular formula is C7H15NNa2O4. The quantitative estimate of drug-likeness (QED) is 0.481. The van der Waals surface area contributed by atoms with Crippen LogP contribution in [0.5, 0.6) is 0 Å². The molecular weight excluding hydrogens is 208 g/mol. The van der Waals surface area contributed by atoms with Crippen LogP contribution >= 0.6 is 0 Å². The molecule has 14 heavy (non-hydrogen) atoms. The third kappa shape index (κ3) is 11.0. The van der Waals surface area contributed by atoms with E-state index in [-0.39, 0.29) is 65.5 Å². The van der Waals surface area contributed by atoms with Crippen LogP contribution in [0.15, 0.2) is 0 Å². The van der Waals surface area contributed by atoms with Gasteiger partial charge in [0.1, 0.15) is 0 Å². The third-order valence-corrected chi connectivity index (χ3v) is 1.53. The predicted molar refractivity (Wildman–Crippen MR) is 56.0 cm³/mol. The number of hydrogen-bond acceptors (Lipinski definition) is 3. The normalized spacial score (nSPS) is 10.6.